The number of methoxy groups -OCH3 is 4. The van der Waals surface area contributed by atoms with E-state index in [4.69, 9.17) is 18.9 Å². The molecule has 13 aromatic rings. The number of nitrogens with zero attached hydrogens (tertiary/aromatic N) is 4. The number of aliphatic hydroxyl groups excluding tert-OH is 4. The molecule has 0 aromatic heterocycles. The van der Waals surface area contributed by atoms with Gasteiger partial charge in [-0.3, -0.25) is 0 Å². The highest BCUT2D eigenvalue weighted by Crippen LogP contribution is 2.56. The highest BCUT2D eigenvalue weighted by molar-refractivity contribution is 6.40. The molecule has 0 aliphatic rings. The van der Waals surface area contributed by atoms with Crippen LogP contribution in [-0.2, 0) is 26.4 Å². The average molecular weight is 1160 g/mol. The van der Waals surface area contributed by atoms with Crippen LogP contribution in [0.4, 0.5) is 68.2 Å². The van der Waals surface area contributed by atoms with E-state index in [1.807, 2.05) is 121 Å². The molecule has 13 rings (SSSR count). The number of rotatable bonds is 20. The van der Waals surface area contributed by atoms with Crippen molar-refractivity contribution in [2.45, 2.75) is 26.4 Å². The number of hydrogen-bond donors (Lipinski definition) is 4. The van der Waals surface area contributed by atoms with Crippen molar-refractivity contribution in [1.82, 2.24) is 0 Å². The Hall–Kier alpha value is -10.6. The van der Waals surface area contributed by atoms with E-state index in [1.165, 1.54) is 0 Å². The Bertz CT molecular complexity index is 4080. The molecular weight excluding hydrogens is 1100 g/mol. The van der Waals surface area contributed by atoms with Gasteiger partial charge in [-0.2, -0.15) is 0 Å². The SMILES string of the molecule is COc1ccc(N(c2ccc(OC)cc2)c2ccc3c4c(N(c5ccc(CO)cc5)c5ccc(OC)cc5)ccc5c(N(c6ccc(CO)cc6)c6ccc(CO)cc6)ccc(c6c(N(c7ccc(CO)cc7)c7ccc(OC)cc7)ccc2c36)c54)cc1. The zero-order chi connectivity index (χ0) is 60.4. The summed E-state index contributed by atoms with van der Waals surface area (Å²) in [7, 11) is 6.69. The van der Waals surface area contributed by atoms with Gasteiger partial charge in [0.15, 0.2) is 0 Å². The number of fused-ring (bicyclic) bond motifs is 2. The van der Waals surface area contributed by atoms with Crippen molar-refractivity contribution >= 4 is 111 Å². The maximum atomic E-state index is 10.4. The number of aliphatic hydroxyl groups is 4. The van der Waals surface area contributed by atoms with Crippen molar-refractivity contribution in [3.05, 3.63) is 265 Å². The molecular formula is C76H64N4O8. The standard InChI is InChI=1S/C76H64N4O8/c1-85-61-29-21-57(22-30-61)78(58-23-31-62(86-2)32-24-58)70-42-40-68-74-66(70)38-44-72(80(56-19-11-52(48-84)12-20-56)60-27-35-64(88-4)36-28-60)76(74)67-39-41-69(77(53-13-5-49(45-81)6-14-53)54-15-7-50(46-82)8-16-54)65-37-43-71(75(68)73(65)67)79(55-17-9-51(47-83)10-18-55)59-25-33-63(87-3)34-26-59/h5-44,81-84H,45-48H2,1-4H3. The Balaban J connectivity index is 1.22. The van der Waals surface area contributed by atoms with Crippen molar-refractivity contribution < 1.29 is 39.4 Å². The van der Waals surface area contributed by atoms with Crippen LogP contribution < -0.4 is 38.5 Å². The summed E-state index contributed by atoms with van der Waals surface area (Å²) in [5.74, 6) is 2.90. The van der Waals surface area contributed by atoms with Crippen LogP contribution in [0.1, 0.15) is 22.3 Å². The summed E-state index contributed by atoms with van der Waals surface area (Å²) in [5.41, 5.74) is 13.9. The molecule has 0 unspecified atom stereocenters. The molecule has 0 amide bonds. The summed E-state index contributed by atoms with van der Waals surface area (Å²) in [5, 5.41) is 49.2. The molecule has 0 spiro atoms. The van der Waals surface area contributed by atoms with Gasteiger partial charge in [0.1, 0.15) is 23.0 Å². The summed E-state index contributed by atoms with van der Waals surface area (Å²) in [6, 6.07) is 82.4. The molecule has 0 fully saturated rings. The van der Waals surface area contributed by atoms with Crippen molar-refractivity contribution in [2.75, 3.05) is 48.0 Å². The van der Waals surface area contributed by atoms with Crippen LogP contribution in [0.3, 0.4) is 0 Å². The lowest BCUT2D eigenvalue weighted by molar-refractivity contribution is 0.281. The molecule has 13 aromatic carbocycles. The molecule has 0 saturated carbocycles. The van der Waals surface area contributed by atoms with Crippen LogP contribution in [0.5, 0.6) is 23.0 Å². The lowest BCUT2D eigenvalue weighted by atomic mass is 9.86. The molecule has 0 atom stereocenters. The van der Waals surface area contributed by atoms with Gasteiger partial charge in [-0.05, 0) is 203 Å². The Morgan fingerprint density at radius 1 is 0.216 bits per heavy atom. The van der Waals surface area contributed by atoms with Crippen LogP contribution in [0.25, 0.3) is 43.1 Å². The first kappa shape index (κ1) is 56.5. The highest BCUT2D eigenvalue weighted by atomic mass is 16.5. The number of anilines is 12. The van der Waals surface area contributed by atoms with Crippen molar-refractivity contribution in [1.29, 1.82) is 0 Å². The van der Waals surface area contributed by atoms with Gasteiger partial charge in [-0.15, -0.1) is 0 Å². The largest absolute Gasteiger partial charge is 0.497 e. The Kier molecular flexibility index (Phi) is 15.7. The topological polar surface area (TPSA) is 131 Å². The molecule has 12 heteroatoms. The zero-order valence-electron chi connectivity index (χ0n) is 49.1. The molecule has 0 heterocycles. The zero-order valence-corrected chi connectivity index (χ0v) is 49.1. The molecule has 0 aliphatic carbocycles. The first-order valence-corrected chi connectivity index (χ1v) is 29.0. The van der Waals surface area contributed by atoms with Crippen LogP contribution in [0.15, 0.2) is 243 Å². The van der Waals surface area contributed by atoms with Crippen molar-refractivity contribution in [3.8, 4) is 23.0 Å². The second kappa shape index (κ2) is 24.4. The van der Waals surface area contributed by atoms with E-state index in [9.17, 15) is 20.4 Å². The third-order valence-electron chi connectivity index (χ3n) is 16.6. The molecule has 0 radical (unpaired) electrons. The van der Waals surface area contributed by atoms with Gasteiger partial charge in [0.2, 0.25) is 0 Å². The summed E-state index contributed by atoms with van der Waals surface area (Å²) < 4.78 is 22.9. The predicted octanol–water partition coefficient (Wildman–Crippen LogP) is 17.6. The van der Waals surface area contributed by atoms with Gasteiger partial charge in [0.25, 0.3) is 0 Å². The maximum absolute atomic E-state index is 10.4. The van der Waals surface area contributed by atoms with E-state index < -0.39 is 0 Å². The van der Waals surface area contributed by atoms with Gasteiger partial charge >= 0.3 is 0 Å². The minimum absolute atomic E-state index is 0.102. The van der Waals surface area contributed by atoms with E-state index in [1.54, 1.807) is 28.4 Å². The van der Waals surface area contributed by atoms with Gasteiger partial charge in [-0.25, -0.2) is 0 Å². The Labute approximate surface area is 510 Å². The lowest BCUT2D eigenvalue weighted by Gasteiger charge is -2.33. The fraction of sp³-hybridized carbons (Fsp3) is 0.105. The van der Waals surface area contributed by atoms with Gasteiger partial charge < -0.3 is 59.0 Å². The Morgan fingerprint density at radius 2 is 0.409 bits per heavy atom. The van der Waals surface area contributed by atoms with Gasteiger partial charge in [-0.1, -0.05) is 72.8 Å². The third kappa shape index (κ3) is 10.3. The van der Waals surface area contributed by atoms with E-state index in [2.05, 4.69) is 141 Å². The predicted molar refractivity (Wildman–Crippen MR) is 356 cm³/mol. The molecule has 88 heavy (non-hydrogen) atoms. The lowest BCUT2D eigenvalue weighted by Crippen LogP contribution is -2.14. The molecule has 0 bridgehead atoms. The van der Waals surface area contributed by atoms with Crippen LogP contribution in [-0.4, -0.2) is 48.9 Å². The number of benzene rings is 13. The summed E-state index contributed by atoms with van der Waals surface area (Å²) in [6.07, 6.45) is 0. The molecule has 4 N–H and O–H groups in total. The van der Waals surface area contributed by atoms with Crippen molar-refractivity contribution in [3.63, 3.8) is 0 Å². The second-order valence-corrected chi connectivity index (χ2v) is 21.5. The van der Waals surface area contributed by atoms with E-state index in [0.717, 1.165) is 157 Å². The molecule has 436 valence electrons. The number of hydrogen-bond acceptors (Lipinski definition) is 12. The molecule has 0 saturated heterocycles. The quantitative estimate of drug-likeness (QED) is 0.0428. The second-order valence-electron chi connectivity index (χ2n) is 21.5. The first-order valence-electron chi connectivity index (χ1n) is 29.0. The highest BCUT2D eigenvalue weighted by Gasteiger charge is 2.29. The monoisotopic (exact) mass is 1160 g/mol. The van der Waals surface area contributed by atoms with Crippen molar-refractivity contribution in [2.24, 2.45) is 0 Å². The van der Waals surface area contributed by atoms with Crippen LogP contribution in [0, 0.1) is 0 Å². The minimum Gasteiger partial charge on any atom is -0.497 e. The van der Waals surface area contributed by atoms with E-state index in [0.29, 0.717) is 0 Å². The summed E-state index contributed by atoms with van der Waals surface area (Å²) in [6.45, 7) is -0.417. The number of ether oxygens (including phenoxy) is 4. The average Bonchev–Trinajstić information content (AvgIpc) is 0.755. The molecule has 0 aliphatic heterocycles. The van der Waals surface area contributed by atoms with Gasteiger partial charge in [0, 0.05) is 77.8 Å². The minimum atomic E-state index is -0.106. The fourth-order valence-electron chi connectivity index (χ4n) is 12.2. The normalized spacial score (nSPS) is 11.4. The summed E-state index contributed by atoms with van der Waals surface area (Å²) >= 11 is 0. The summed E-state index contributed by atoms with van der Waals surface area (Å²) in [4.78, 5) is 9.10. The third-order valence-corrected chi connectivity index (χ3v) is 16.6. The first-order chi connectivity index (χ1) is 43.3. The fourth-order valence-corrected chi connectivity index (χ4v) is 12.2. The maximum Gasteiger partial charge on any atom is 0.119 e. The smallest absolute Gasteiger partial charge is 0.119 e. The Morgan fingerprint density at radius 3 is 0.625 bits per heavy atom. The van der Waals surface area contributed by atoms with Gasteiger partial charge in [0.05, 0.1) is 77.6 Å². The van der Waals surface area contributed by atoms with Crippen LogP contribution in [0.2, 0.25) is 0 Å². The van der Waals surface area contributed by atoms with Crippen LogP contribution >= 0.6 is 0 Å². The molecule has 12 nitrogen and oxygen atoms in total. The van der Waals surface area contributed by atoms with E-state index in [-0.39, 0.29) is 26.4 Å². The van der Waals surface area contributed by atoms with E-state index >= 15 is 0 Å².